The minimum Gasteiger partial charge on any atom is -0.361 e. The number of anilines is 5. The van der Waals surface area contributed by atoms with Gasteiger partial charge in [-0.15, -0.1) is 0 Å². The van der Waals surface area contributed by atoms with Crippen LogP contribution in [0.15, 0.2) is 59.4 Å². The van der Waals surface area contributed by atoms with Gasteiger partial charge in [-0.05, 0) is 74.1 Å². The second kappa shape index (κ2) is 14.5. The summed E-state index contributed by atoms with van der Waals surface area (Å²) in [5.41, 5.74) is 4.98. The van der Waals surface area contributed by atoms with Crippen LogP contribution < -0.4 is 21.3 Å². The summed E-state index contributed by atoms with van der Waals surface area (Å²) in [5, 5.41) is 16.7. The Morgan fingerprint density at radius 3 is 2.51 bits per heavy atom. The number of benzene rings is 2. The van der Waals surface area contributed by atoms with Crippen LogP contribution >= 0.6 is 11.6 Å². The summed E-state index contributed by atoms with van der Waals surface area (Å²) >= 11 is 6.38. The summed E-state index contributed by atoms with van der Waals surface area (Å²) in [6, 6.07) is 13.5. The standard InChI is InChI=1S/C29H29ClN8O3.C2HF3O/c1-17-23(15-32-41-17)27(39)38-11-9-20(10-12-38)35-29(40)36-25-8-7-22-14-19(25)6-5-18-3-2-4-21(13-18)34-28-31-16-24(30)26(33-22)37-28;3-2(4,5)1-6/h2-4,7-8,13-16,20H,5-6,9-12H2,1H3,(H2,35,36,40)(H2,31,33,34,37);1H. The fourth-order valence-corrected chi connectivity index (χ4v) is 5.25. The summed E-state index contributed by atoms with van der Waals surface area (Å²) in [4.78, 5) is 45.1. The Morgan fingerprint density at radius 2 is 1.81 bits per heavy atom. The van der Waals surface area contributed by atoms with Gasteiger partial charge in [-0.2, -0.15) is 18.2 Å². The number of rotatable bonds is 3. The van der Waals surface area contributed by atoms with E-state index in [0.717, 1.165) is 34.6 Å². The average Bonchev–Trinajstić information content (AvgIpc) is 3.48. The summed E-state index contributed by atoms with van der Waals surface area (Å²) in [5.74, 6) is 1.33. The maximum absolute atomic E-state index is 13.0. The highest BCUT2D eigenvalue weighted by Crippen LogP contribution is 2.29. The molecule has 1 saturated heterocycles. The van der Waals surface area contributed by atoms with Crippen LogP contribution in [0.1, 0.15) is 40.1 Å². The Labute approximate surface area is 272 Å². The SMILES string of the molecule is Cc1oncc1C(=O)N1CCC(NC(=O)Nc2ccc3cc2CCc2cccc(c2)Nc2ncc(Cl)c(n2)N3)CC1.O=CC(F)(F)F. The second-order valence-corrected chi connectivity index (χ2v) is 11.2. The van der Waals surface area contributed by atoms with Crippen molar-refractivity contribution < 1.29 is 32.1 Å². The Kier molecular flexibility index (Phi) is 10.2. The molecule has 4 aromatic rings. The molecule has 2 aromatic heterocycles. The van der Waals surface area contributed by atoms with Crippen LogP contribution in [0.4, 0.5) is 46.8 Å². The molecular formula is C31H30ClF3N8O4. The third-order valence-electron chi connectivity index (χ3n) is 7.46. The quantitative estimate of drug-likeness (QED) is 0.187. The molecule has 12 nitrogen and oxygen atoms in total. The van der Waals surface area contributed by atoms with Crippen LogP contribution in [0.25, 0.3) is 0 Å². The molecule has 6 bridgehead atoms. The number of fused-ring (bicyclic) bond motifs is 6. The van der Waals surface area contributed by atoms with Crippen LogP contribution in [-0.4, -0.2) is 63.6 Å². The fraction of sp³-hybridized carbons (Fsp3) is 0.290. The molecule has 0 spiro atoms. The molecule has 0 saturated carbocycles. The number of aldehydes is 1. The Morgan fingerprint density at radius 1 is 1.06 bits per heavy atom. The fourth-order valence-electron chi connectivity index (χ4n) is 5.11. The molecule has 47 heavy (non-hydrogen) atoms. The Hall–Kier alpha value is -5.18. The topological polar surface area (TPSA) is 154 Å². The van der Waals surface area contributed by atoms with E-state index < -0.39 is 12.5 Å². The van der Waals surface area contributed by atoms with E-state index in [0.29, 0.717) is 60.5 Å². The Balaban J connectivity index is 0.000000662. The number of hydrogen-bond donors (Lipinski definition) is 4. The molecule has 2 aliphatic rings. The number of nitrogens with zero attached hydrogens (tertiary/aromatic N) is 4. The molecule has 2 aromatic carbocycles. The number of likely N-dealkylation sites (tertiary alicyclic amines) is 1. The molecule has 4 N–H and O–H groups in total. The molecule has 2 aliphatic heterocycles. The maximum Gasteiger partial charge on any atom is 0.446 e. The Bertz CT molecular complexity index is 1760. The number of nitrogens with one attached hydrogen (secondary N) is 4. The molecule has 3 amide bonds. The van der Waals surface area contributed by atoms with Crippen LogP contribution in [0, 0.1) is 6.92 Å². The number of alkyl halides is 3. The zero-order valence-electron chi connectivity index (χ0n) is 25.0. The van der Waals surface area contributed by atoms with Crippen molar-refractivity contribution in [1.82, 2.24) is 25.3 Å². The first-order chi connectivity index (χ1) is 22.5. The highest BCUT2D eigenvalue weighted by molar-refractivity contribution is 6.32. The monoisotopic (exact) mass is 670 g/mol. The van der Waals surface area contributed by atoms with Gasteiger partial charge < -0.3 is 30.7 Å². The van der Waals surface area contributed by atoms with E-state index in [-0.39, 0.29) is 18.0 Å². The van der Waals surface area contributed by atoms with E-state index in [1.807, 2.05) is 30.3 Å². The molecule has 6 rings (SSSR count). The van der Waals surface area contributed by atoms with Gasteiger partial charge in [-0.25, -0.2) is 9.78 Å². The highest BCUT2D eigenvalue weighted by atomic mass is 35.5. The number of carbonyl (C=O) groups excluding carboxylic acids is 3. The molecular weight excluding hydrogens is 641 g/mol. The van der Waals surface area contributed by atoms with Gasteiger partial charge in [0, 0.05) is 36.2 Å². The van der Waals surface area contributed by atoms with Crippen molar-refractivity contribution in [3.05, 3.63) is 82.3 Å². The predicted octanol–water partition coefficient (Wildman–Crippen LogP) is 6.19. The van der Waals surface area contributed by atoms with Gasteiger partial charge in [0.05, 0.1) is 12.4 Å². The van der Waals surface area contributed by atoms with E-state index >= 15 is 0 Å². The van der Waals surface area contributed by atoms with E-state index in [4.69, 9.17) is 20.9 Å². The summed E-state index contributed by atoms with van der Waals surface area (Å²) < 4.78 is 36.3. The molecule has 246 valence electrons. The van der Waals surface area contributed by atoms with Crippen molar-refractivity contribution in [2.75, 3.05) is 29.0 Å². The number of carbonyl (C=O) groups is 3. The van der Waals surface area contributed by atoms with Gasteiger partial charge in [-0.3, -0.25) is 9.59 Å². The zero-order valence-corrected chi connectivity index (χ0v) is 25.8. The van der Waals surface area contributed by atoms with Crippen LogP contribution in [-0.2, 0) is 17.6 Å². The van der Waals surface area contributed by atoms with E-state index in [2.05, 4.69) is 48.5 Å². The maximum atomic E-state index is 13.0. The van der Waals surface area contributed by atoms with Crippen molar-refractivity contribution in [3.63, 3.8) is 0 Å². The predicted molar refractivity (Wildman–Crippen MR) is 168 cm³/mol. The number of hydrogen-bond acceptors (Lipinski definition) is 9. The summed E-state index contributed by atoms with van der Waals surface area (Å²) in [6.45, 7) is 2.81. The van der Waals surface area contributed by atoms with Crippen LogP contribution in [0.5, 0.6) is 0 Å². The van der Waals surface area contributed by atoms with E-state index in [1.165, 1.54) is 6.20 Å². The minimum atomic E-state index is -4.64. The number of aryl methyl sites for hydroxylation is 3. The highest BCUT2D eigenvalue weighted by Gasteiger charge is 2.27. The van der Waals surface area contributed by atoms with E-state index in [1.54, 1.807) is 18.0 Å². The first kappa shape index (κ1) is 33.2. The summed E-state index contributed by atoms with van der Waals surface area (Å²) in [7, 11) is 0. The van der Waals surface area contributed by atoms with Gasteiger partial charge in [-0.1, -0.05) is 28.9 Å². The average molecular weight is 671 g/mol. The van der Waals surface area contributed by atoms with Gasteiger partial charge in [0.2, 0.25) is 12.2 Å². The van der Waals surface area contributed by atoms with Gasteiger partial charge in [0.15, 0.2) is 5.82 Å². The van der Waals surface area contributed by atoms with Gasteiger partial charge in [0.25, 0.3) is 5.91 Å². The normalized spacial score (nSPS) is 14.4. The second-order valence-electron chi connectivity index (χ2n) is 10.8. The number of amides is 3. The van der Waals surface area contributed by atoms with Gasteiger partial charge >= 0.3 is 12.2 Å². The molecule has 0 radical (unpaired) electrons. The third-order valence-corrected chi connectivity index (χ3v) is 7.74. The third kappa shape index (κ3) is 8.97. The molecule has 0 atom stereocenters. The minimum absolute atomic E-state index is 0.0436. The van der Waals surface area contributed by atoms with Crippen molar-refractivity contribution in [1.29, 1.82) is 0 Å². The lowest BCUT2D eigenvalue weighted by Gasteiger charge is -2.32. The lowest BCUT2D eigenvalue weighted by Crippen LogP contribution is -2.47. The molecule has 4 heterocycles. The molecule has 16 heteroatoms. The van der Waals surface area contributed by atoms with Crippen molar-refractivity contribution in [3.8, 4) is 0 Å². The van der Waals surface area contributed by atoms with Crippen molar-refractivity contribution >= 4 is 58.7 Å². The van der Waals surface area contributed by atoms with Crippen LogP contribution in [0.2, 0.25) is 5.02 Å². The van der Waals surface area contributed by atoms with Gasteiger partial charge in [0.1, 0.15) is 16.3 Å². The largest absolute Gasteiger partial charge is 0.446 e. The number of urea groups is 1. The number of aromatic nitrogens is 3. The van der Waals surface area contributed by atoms with Crippen LogP contribution in [0.3, 0.4) is 0 Å². The lowest BCUT2D eigenvalue weighted by atomic mass is 10.0. The number of piperidine rings is 1. The van der Waals surface area contributed by atoms with Crippen molar-refractivity contribution in [2.45, 2.75) is 44.8 Å². The first-order valence-corrected chi connectivity index (χ1v) is 14.9. The summed E-state index contributed by atoms with van der Waals surface area (Å²) in [6.07, 6.45) is 0.0962. The zero-order chi connectivity index (χ0) is 33.6. The number of halogens is 4. The molecule has 1 fully saturated rings. The van der Waals surface area contributed by atoms with Crippen molar-refractivity contribution in [2.24, 2.45) is 0 Å². The first-order valence-electron chi connectivity index (χ1n) is 14.6. The van der Waals surface area contributed by atoms with E-state index in [9.17, 15) is 22.8 Å². The molecule has 0 aliphatic carbocycles. The lowest BCUT2D eigenvalue weighted by molar-refractivity contribution is -0.156. The molecule has 0 unspecified atom stereocenters. The smallest absolute Gasteiger partial charge is 0.361 e.